The second-order valence-electron chi connectivity index (χ2n) is 6.46. The summed E-state index contributed by atoms with van der Waals surface area (Å²) < 4.78 is 7.32. The number of aryl methyl sites for hydroxylation is 1. The summed E-state index contributed by atoms with van der Waals surface area (Å²) in [5, 5.41) is 11.1. The zero-order chi connectivity index (χ0) is 19.6. The number of benzene rings is 2. The van der Waals surface area contributed by atoms with Gasteiger partial charge in [-0.3, -0.25) is 0 Å². The number of aromatic hydroxyl groups is 1. The summed E-state index contributed by atoms with van der Waals surface area (Å²) in [5.41, 5.74) is 3.01. The predicted octanol–water partition coefficient (Wildman–Crippen LogP) is 4.42. The molecule has 0 saturated carbocycles. The van der Waals surface area contributed by atoms with Crippen molar-refractivity contribution in [2.24, 2.45) is 7.05 Å². The van der Waals surface area contributed by atoms with Gasteiger partial charge in [0.2, 0.25) is 0 Å². The quantitative estimate of drug-likeness (QED) is 0.504. The third-order valence-corrected chi connectivity index (χ3v) is 5.52. The van der Waals surface area contributed by atoms with Crippen LogP contribution in [0.25, 0.3) is 10.9 Å². The zero-order valence-corrected chi connectivity index (χ0v) is 16.8. The van der Waals surface area contributed by atoms with E-state index < -0.39 is 0 Å². The molecule has 5 nitrogen and oxygen atoms in total. The normalized spacial score (nSPS) is 11.0. The number of anilines is 1. The fourth-order valence-electron chi connectivity index (χ4n) is 3.14. The van der Waals surface area contributed by atoms with E-state index in [1.54, 1.807) is 24.8 Å². The second-order valence-corrected chi connectivity index (χ2v) is 7.50. The summed E-state index contributed by atoms with van der Waals surface area (Å²) in [6.07, 6.45) is 0. The van der Waals surface area contributed by atoms with Crippen LogP contribution in [0, 0.1) is 0 Å². The van der Waals surface area contributed by atoms with Gasteiger partial charge in [-0.1, -0.05) is 18.2 Å². The smallest absolute Gasteiger partial charge is 0.340 e. The zero-order valence-electron chi connectivity index (χ0n) is 16.0. The molecule has 0 bridgehead atoms. The first-order chi connectivity index (χ1) is 12.9. The first-order valence-corrected chi connectivity index (χ1v) is 9.79. The lowest BCUT2D eigenvalue weighted by Crippen LogP contribution is -2.09. The van der Waals surface area contributed by atoms with Gasteiger partial charge in [-0.15, -0.1) is 11.8 Å². The summed E-state index contributed by atoms with van der Waals surface area (Å²) >= 11 is 1.67. The van der Waals surface area contributed by atoms with E-state index in [0.29, 0.717) is 29.0 Å². The molecule has 0 fully saturated rings. The molecule has 0 spiro atoms. The van der Waals surface area contributed by atoms with E-state index in [1.165, 1.54) is 0 Å². The van der Waals surface area contributed by atoms with Gasteiger partial charge in [0, 0.05) is 42.9 Å². The highest BCUT2D eigenvalue weighted by atomic mass is 32.2. The third kappa shape index (κ3) is 3.76. The Morgan fingerprint density at radius 3 is 2.56 bits per heavy atom. The summed E-state index contributed by atoms with van der Waals surface area (Å²) in [6.45, 7) is 2.10. The molecule has 142 valence electrons. The molecule has 1 aromatic heterocycles. The van der Waals surface area contributed by atoms with Crippen LogP contribution < -0.4 is 4.90 Å². The number of phenols is 1. The number of aromatic nitrogens is 1. The van der Waals surface area contributed by atoms with Gasteiger partial charge in [0.05, 0.1) is 23.4 Å². The van der Waals surface area contributed by atoms with Gasteiger partial charge >= 0.3 is 5.97 Å². The molecule has 0 aliphatic carbocycles. The van der Waals surface area contributed by atoms with E-state index in [1.807, 2.05) is 67.0 Å². The van der Waals surface area contributed by atoms with Gasteiger partial charge in [0.1, 0.15) is 5.75 Å². The minimum absolute atomic E-state index is 0.144. The summed E-state index contributed by atoms with van der Waals surface area (Å²) in [4.78, 5) is 15.7. The van der Waals surface area contributed by atoms with Crippen molar-refractivity contribution >= 4 is 34.3 Å². The van der Waals surface area contributed by atoms with Gasteiger partial charge in [-0.25, -0.2) is 4.79 Å². The maximum Gasteiger partial charge on any atom is 0.340 e. The highest BCUT2D eigenvalue weighted by Gasteiger charge is 2.24. The van der Waals surface area contributed by atoms with Gasteiger partial charge in [0.15, 0.2) is 0 Å². The van der Waals surface area contributed by atoms with Crippen LogP contribution in [-0.2, 0) is 17.5 Å². The lowest BCUT2D eigenvalue weighted by Gasteiger charge is -2.14. The van der Waals surface area contributed by atoms with Crippen LogP contribution in [0.4, 0.5) is 5.69 Å². The maximum absolute atomic E-state index is 12.7. The van der Waals surface area contributed by atoms with Crippen LogP contribution in [-0.4, -0.2) is 36.3 Å². The number of ether oxygens (including phenoxy) is 1. The number of nitrogens with zero attached hydrogens (tertiary/aromatic N) is 2. The second kappa shape index (κ2) is 7.96. The number of hydrogen-bond acceptors (Lipinski definition) is 5. The Labute approximate surface area is 163 Å². The number of rotatable bonds is 6. The molecule has 3 aromatic rings. The van der Waals surface area contributed by atoms with Gasteiger partial charge in [-0.2, -0.15) is 0 Å². The van der Waals surface area contributed by atoms with E-state index in [0.717, 1.165) is 16.1 Å². The predicted molar refractivity (Wildman–Crippen MR) is 111 cm³/mol. The Morgan fingerprint density at radius 1 is 1.22 bits per heavy atom. The Morgan fingerprint density at radius 2 is 1.93 bits per heavy atom. The van der Waals surface area contributed by atoms with E-state index in [4.69, 9.17) is 4.74 Å². The lowest BCUT2D eigenvalue weighted by atomic mass is 10.1. The standard InChI is InChI=1S/C21H24N2O3S/c1-5-26-21(25)20-15-11-19(24)17(22(2)3)12-16(15)23(4)18(20)13-27-14-9-7-6-8-10-14/h6-12,24H,5,13H2,1-4H3. The largest absolute Gasteiger partial charge is 0.506 e. The average Bonchev–Trinajstić information content (AvgIpc) is 2.91. The molecule has 2 aromatic carbocycles. The SMILES string of the molecule is CCOC(=O)c1c(CSc2ccccc2)n(C)c2cc(N(C)C)c(O)cc12. The molecule has 6 heteroatoms. The van der Waals surface area contributed by atoms with Crippen molar-refractivity contribution in [3.8, 4) is 5.75 Å². The molecule has 1 heterocycles. The Hall–Kier alpha value is -2.60. The van der Waals surface area contributed by atoms with Crippen molar-refractivity contribution in [1.82, 2.24) is 4.57 Å². The fraction of sp³-hybridized carbons (Fsp3) is 0.286. The van der Waals surface area contributed by atoms with Gasteiger partial charge in [0.25, 0.3) is 0 Å². The molecule has 0 amide bonds. The average molecular weight is 385 g/mol. The van der Waals surface area contributed by atoms with Crippen molar-refractivity contribution in [3.63, 3.8) is 0 Å². The molecule has 3 rings (SSSR count). The molecule has 0 aliphatic rings. The Balaban J connectivity index is 2.13. The summed E-state index contributed by atoms with van der Waals surface area (Å²) in [7, 11) is 5.70. The van der Waals surface area contributed by atoms with Gasteiger partial charge < -0.3 is 19.3 Å². The molecule has 0 radical (unpaired) electrons. The number of hydrogen-bond donors (Lipinski definition) is 1. The number of thioether (sulfide) groups is 1. The fourth-order valence-corrected chi connectivity index (χ4v) is 4.13. The van der Waals surface area contributed by atoms with E-state index in [2.05, 4.69) is 0 Å². The minimum atomic E-state index is -0.358. The molecular formula is C21H24N2O3S. The van der Waals surface area contributed by atoms with Crippen LogP contribution in [0.15, 0.2) is 47.4 Å². The van der Waals surface area contributed by atoms with E-state index in [9.17, 15) is 9.90 Å². The maximum atomic E-state index is 12.7. The van der Waals surface area contributed by atoms with Crippen molar-refractivity contribution in [1.29, 1.82) is 0 Å². The molecule has 0 saturated heterocycles. The Bertz CT molecular complexity index is 965. The number of carbonyl (C=O) groups excluding carboxylic acids is 1. The first-order valence-electron chi connectivity index (χ1n) is 8.80. The first kappa shape index (κ1) is 19.2. The van der Waals surface area contributed by atoms with E-state index >= 15 is 0 Å². The van der Waals surface area contributed by atoms with Crippen LogP contribution in [0.2, 0.25) is 0 Å². The molecule has 1 N–H and O–H groups in total. The van der Waals surface area contributed by atoms with Crippen LogP contribution in [0.5, 0.6) is 5.75 Å². The highest BCUT2D eigenvalue weighted by molar-refractivity contribution is 7.98. The third-order valence-electron chi connectivity index (χ3n) is 4.50. The monoisotopic (exact) mass is 384 g/mol. The highest BCUT2D eigenvalue weighted by Crippen LogP contribution is 2.37. The number of fused-ring (bicyclic) bond motifs is 1. The van der Waals surface area contributed by atoms with Crippen LogP contribution >= 0.6 is 11.8 Å². The van der Waals surface area contributed by atoms with Crippen molar-refractivity contribution < 1.29 is 14.6 Å². The molecule has 0 atom stereocenters. The number of carbonyl (C=O) groups is 1. The summed E-state index contributed by atoms with van der Waals surface area (Å²) in [6, 6.07) is 13.6. The molecule has 0 unspecified atom stereocenters. The van der Waals surface area contributed by atoms with Crippen molar-refractivity contribution in [3.05, 3.63) is 53.7 Å². The van der Waals surface area contributed by atoms with Gasteiger partial charge in [-0.05, 0) is 31.2 Å². The van der Waals surface area contributed by atoms with E-state index in [-0.39, 0.29) is 11.7 Å². The van der Waals surface area contributed by atoms with Crippen LogP contribution in [0.1, 0.15) is 23.0 Å². The molecule has 27 heavy (non-hydrogen) atoms. The number of phenolic OH excluding ortho intramolecular Hbond substituents is 1. The summed E-state index contributed by atoms with van der Waals surface area (Å²) in [5.74, 6) is 0.413. The molecule has 0 aliphatic heterocycles. The topological polar surface area (TPSA) is 54.7 Å². The molecular weight excluding hydrogens is 360 g/mol. The minimum Gasteiger partial charge on any atom is -0.506 e. The van der Waals surface area contributed by atoms with Crippen molar-refractivity contribution in [2.75, 3.05) is 25.6 Å². The van der Waals surface area contributed by atoms with Crippen molar-refractivity contribution in [2.45, 2.75) is 17.6 Å². The van der Waals surface area contributed by atoms with Crippen LogP contribution in [0.3, 0.4) is 0 Å². The number of esters is 1. The Kier molecular flexibility index (Phi) is 5.65. The lowest BCUT2D eigenvalue weighted by molar-refractivity contribution is 0.0527.